The van der Waals surface area contributed by atoms with Crippen molar-refractivity contribution in [1.29, 1.82) is 5.26 Å². The van der Waals surface area contributed by atoms with Crippen LogP contribution in [0.1, 0.15) is 24.0 Å². The summed E-state index contributed by atoms with van der Waals surface area (Å²) in [5.74, 6) is 0.714. The van der Waals surface area contributed by atoms with E-state index in [0.29, 0.717) is 17.4 Å². The van der Waals surface area contributed by atoms with E-state index in [1.165, 1.54) is 5.56 Å². The lowest BCUT2D eigenvalue weighted by Crippen LogP contribution is -2.38. The smallest absolute Gasteiger partial charge is 0.144 e. The molecule has 1 fully saturated rings. The maximum atomic E-state index is 9.12. The summed E-state index contributed by atoms with van der Waals surface area (Å²) in [4.78, 5) is 6.77. The molecule has 0 atom stereocenters. The number of likely N-dealkylation sites (tertiary alicyclic amines) is 1. The second-order valence-electron chi connectivity index (χ2n) is 5.69. The van der Waals surface area contributed by atoms with Crippen LogP contribution in [-0.4, -0.2) is 29.0 Å². The maximum absolute atomic E-state index is 9.12. The zero-order chi connectivity index (χ0) is 15.2. The van der Waals surface area contributed by atoms with Crippen molar-refractivity contribution in [1.82, 2.24) is 9.88 Å². The molecule has 1 aliphatic rings. The summed E-state index contributed by atoms with van der Waals surface area (Å²) in [5, 5.41) is 12.5. The molecular formula is C18H20N4. The third-order valence-corrected chi connectivity index (χ3v) is 4.11. The van der Waals surface area contributed by atoms with Crippen LogP contribution in [0.15, 0.2) is 48.7 Å². The molecule has 1 aliphatic heterocycles. The molecule has 0 spiro atoms. The first-order chi connectivity index (χ1) is 10.8. The molecule has 1 aromatic carbocycles. The van der Waals surface area contributed by atoms with Crippen LogP contribution in [-0.2, 0) is 6.54 Å². The van der Waals surface area contributed by atoms with E-state index in [-0.39, 0.29) is 0 Å². The molecule has 0 saturated carbocycles. The van der Waals surface area contributed by atoms with Gasteiger partial charge in [-0.25, -0.2) is 4.98 Å². The van der Waals surface area contributed by atoms with Crippen LogP contribution in [0.5, 0.6) is 0 Å². The van der Waals surface area contributed by atoms with E-state index >= 15 is 0 Å². The highest BCUT2D eigenvalue weighted by Gasteiger charge is 2.20. The van der Waals surface area contributed by atoms with Crippen LogP contribution in [0.4, 0.5) is 5.82 Å². The number of benzene rings is 1. The zero-order valence-corrected chi connectivity index (χ0v) is 12.6. The van der Waals surface area contributed by atoms with Gasteiger partial charge >= 0.3 is 0 Å². The molecular weight excluding hydrogens is 272 g/mol. The Balaban J connectivity index is 1.53. The van der Waals surface area contributed by atoms with E-state index in [1.807, 2.05) is 0 Å². The molecule has 0 bridgehead atoms. The van der Waals surface area contributed by atoms with E-state index in [1.54, 1.807) is 18.3 Å². The van der Waals surface area contributed by atoms with Crippen molar-refractivity contribution in [2.24, 2.45) is 0 Å². The minimum absolute atomic E-state index is 0.397. The Morgan fingerprint density at radius 1 is 1.14 bits per heavy atom. The van der Waals surface area contributed by atoms with Crippen molar-refractivity contribution >= 4 is 5.82 Å². The van der Waals surface area contributed by atoms with Crippen molar-refractivity contribution in [3.63, 3.8) is 0 Å². The fourth-order valence-electron chi connectivity index (χ4n) is 2.88. The minimum Gasteiger partial charge on any atom is -0.366 e. The number of anilines is 1. The van der Waals surface area contributed by atoms with Gasteiger partial charge in [0.05, 0.1) is 5.56 Å². The molecule has 3 rings (SSSR count). The van der Waals surface area contributed by atoms with Gasteiger partial charge < -0.3 is 5.32 Å². The van der Waals surface area contributed by atoms with Crippen LogP contribution in [0.3, 0.4) is 0 Å². The van der Waals surface area contributed by atoms with Crippen LogP contribution < -0.4 is 5.32 Å². The first-order valence-electron chi connectivity index (χ1n) is 7.73. The van der Waals surface area contributed by atoms with E-state index < -0.39 is 0 Å². The predicted octanol–water partition coefficient (Wildman–Crippen LogP) is 3.03. The molecule has 2 heterocycles. The third kappa shape index (κ3) is 3.63. The predicted molar refractivity (Wildman–Crippen MR) is 87.3 cm³/mol. The number of hydrogen-bond acceptors (Lipinski definition) is 4. The highest BCUT2D eigenvalue weighted by Crippen LogP contribution is 2.19. The van der Waals surface area contributed by atoms with Crippen LogP contribution >= 0.6 is 0 Å². The minimum atomic E-state index is 0.397. The van der Waals surface area contributed by atoms with E-state index in [0.717, 1.165) is 32.5 Å². The van der Waals surface area contributed by atoms with Crippen molar-refractivity contribution in [3.05, 3.63) is 59.8 Å². The molecule has 0 amide bonds. The summed E-state index contributed by atoms with van der Waals surface area (Å²) in [7, 11) is 0. The van der Waals surface area contributed by atoms with Gasteiger partial charge in [0.25, 0.3) is 0 Å². The monoisotopic (exact) mass is 292 g/mol. The molecule has 4 heteroatoms. The molecule has 0 unspecified atom stereocenters. The Morgan fingerprint density at radius 3 is 2.64 bits per heavy atom. The molecule has 2 aromatic rings. The van der Waals surface area contributed by atoms with Gasteiger partial charge in [-0.05, 0) is 30.5 Å². The Morgan fingerprint density at radius 2 is 1.91 bits per heavy atom. The molecule has 1 aromatic heterocycles. The number of nitrogens with zero attached hydrogens (tertiary/aromatic N) is 3. The van der Waals surface area contributed by atoms with Gasteiger partial charge in [0.15, 0.2) is 0 Å². The largest absolute Gasteiger partial charge is 0.366 e. The van der Waals surface area contributed by atoms with E-state index in [4.69, 9.17) is 5.26 Å². The molecule has 4 nitrogen and oxygen atoms in total. The number of nitrogens with one attached hydrogen (secondary N) is 1. The quantitative estimate of drug-likeness (QED) is 0.941. The molecule has 1 saturated heterocycles. The van der Waals surface area contributed by atoms with Crippen molar-refractivity contribution < 1.29 is 0 Å². The highest BCUT2D eigenvalue weighted by molar-refractivity contribution is 5.51. The summed E-state index contributed by atoms with van der Waals surface area (Å²) in [6.07, 6.45) is 3.89. The normalized spacial score (nSPS) is 16.1. The van der Waals surface area contributed by atoms with Gasteiger partial charge in [-0.15, -0.1) is 0 Å². The van der Waals surface area contributed by atoms with Crippen molar-refractivity contribution in [2.75, 3.05) is 18.4 Å². The first-order valence-corrected chi connectivity index (χ1v) is 7.73. The molecule has 22 heavy (non-hydrogen) atoms. The topological polar surface area (TPSA) is 52.0 Å². The molecule has 0 aliphatic carbocycles. The summed E-state index contributed by atoms with van der Waals surface area (Å²) in [6.45, 7) is 3.16. The number of aromatic nitrogens is 1. The van der Waals surface area contributed by atoms with Crippen molar-refractivity contribution in [3.8, 4) is 6.07 Å². The van der Waals surface area contributed by atoms with Crippen molar-refractivity contribution in [2.45, 2.75) is 25.4 Å². The lowest BCUT2D eigenvalue weighted by atomic mass is 10.0. The molecule has 112 valence electrons. The number of piperidine rings is 1. The highest BCUT2D eigenvalue weighted by atomic mass is 15.1. The Labute approximate surface area is 131 Å². The average Bonchev–Trinajstić information content (AvgIpc) is 2.58. The second-order valence-corrected chi connectivity index (χ2v) is 5.69. The lowest BCUT2D eigenvalue weighted by molar-refractivity contribution is 0.211. The number of nitriles is 1. The molecule has 0 radical (unpaired) electrons. The van der Waals surface area contributed by atoms with Gasteiger partial charge in [0, 0.05) is 31.9 Å². The van der Waals surface area contributed by atoms with Gasteiger partial charge in [-0.3, -0.25) is 4.90 Å². The third-order valence-electron chi connectivity index (χ3n) is 4.11. The molecule has 1 N–H and O–H groups in total. The Kier molecular flexibility index (Phi) is 4.67. The lowest BCUT2D eigenvalue weighted by Gasteiger charge is -2.32. The van der Waals surface area contributed by atoms with Crippen LogP contribution in [0, 0.1) is 11.3 Å². The van der Waals surface area contributed by atoms with Gasteiger partial charge in [0.2, 0.25) is 0 Å². The maximum Gasteiger partial charge on any atom is 0.144 e. The number of rotatable bonds is 4. The van der Waals surface area contributed by atoms with Crippen LogP contribution in [0.2, 0.25) is 0 Å². The van der Waals surface area contributed by atoms with Gasteiger partial charge in [-0.2, -0.15) is 5.26 Å². The summed E-state index contributed by atoms with van der Waals surface area (Å²) < 4.78 is 0. The fraction of sp³-hybridized carbons (Fsp3) is 0.333. The number of hydrogen-bond donors (Lipinski definition) is 1. The Bertz CT molecular complexity index is 640. The van der Waals surface area contributed by atoms with E-state index in [2.05, 4.69) is 51.6 Å². The average molecular weight is 292 g/mol. The number of pyridine rings is 1. The second kappa shape index (κ2) is 7.06. The fourth-order valence-corrected chi connectivity index (χ4v) is 2.88. The van der Waals surface area contributed by atoms with E-state index in [9.17, 15) is 0 Å². The van der Waals surface area contributed by atoms with Crippen LogP contribution in [0.25, 0.3) is 0 Å². The zero-order valence-electron chi connectivity index (χ0n) is 12.6. The van der Waals surface area contributed by atoms with Gasteiger partial charge in [0.1, 0.15) is 11.9 Å². The Hall–Kier alpha value is -2.38. The summed E-state index contributed by atoms with van der Waals surface area (Å²) in [5.41, 5.74) is 1.99. The summed E-state index contributed by atoms with van der Waals surface area (Å²) in [6, 6.07) is 16.8. The first kappa shape index (κ1) is 14.6. The summed E-state index contributed by atoms with van der Waals surface area (Å²) >= 11 is 0. The SMILES string of the molecule is N#Cc1cccnc1NC1CCN(Cc2ccccc2)CC1. The van der Waals surface area contributed by atoms with Gasteiger partial charge in [-0.1, -0.05) is 30.3 Å². The standard InChI is InChI=1S/C18H20N4/c19-13-16-7-4-10-20-18(16)21-17-8-11-22(12-9-17)14-15-5-2-1-3-6-15/h1-7,10,17H,8-9,11-12,14H2,(H,20,21).